The third-order valence-corrected chi connectivity index (χ3v) is 5.00. The first kappa shape index (κ1) is 20.7. The number of amides is 1. The van der Waals surface area contributed by atoms with E-state index in [1.807, 2.05) is 60.6 Å². The molecule has 146 valence electrons. The molecule has 2 unspecified atom stereocenters. The molecule has 2 atom stereocenters. The Morgan fingerprint density at radius 1 is 1.15 bits per heavy atom. The van der Waals surface area contributed by atoms with Crippen LogP contribution in [0.3, 0.4) is 0 Å². The minimum absolute atomic E-state index is 0.186. The number of carbonyl (C=O) groups is 1. The fraction of sp³-hybridized carbons (Fsp3) is 0.667. The van der Waals surface area contributed by atoms with Gasteiger partial charge in [0.15, 0.2) is 0 Å². The van der Waals surface area contributed by atoms with E-state index in [9.17, 15) is 15.0 Å². The van der Waals surface area contributed by atoms with Crippen LogP contribution in [-0.2, 0) is 20.5 Å². The molecular formula is C21H33NO4. The van der Waals surface area contributed by atoms with E-state index in [2.05, 4.69) is 0 Å². The van der Waals surface area contributed by atoms with Gasteiger partial charge >= 0.3 is 0 Å². The van der Waals surface area contributed by atoms with Crippen molar-refractivity contribution in [1.29, 1.82) is 0 Å². The standard InChI is InChI=1S/C21H33NO4/c1-8-22-19(25)14(9-10-26-22)17(23)13-11-15(20(2,3)4)18(24)16(12-13)21(5,6)7/h11-12,14,17,23-24H,8-10H2,1-7H3. The third kappa shape index (κ3) is 4.04. The summed E-state index contributed by atoms with van der Waals surface area (Å²) in [4.78, 5) is 18.0. The maximum atomic E-state index is 12.6. The number of hydroxylamine groups is 2. The average Bonchev–Trinajstić information content (AvgIpc) is 2.52. The van der Waals surface area contributed by atoms with Gasteiger partial charge in [0.05, 0.1) is 18.6 Å². The lowest BCUT2D eigenvalue weighted by molar-refractivity contribution is -0.210. The number of aliphatic hydroxyl groups is 1. The molecule has 1 aromatic rings. The Kier molecular flexibility index (Phi) is 5.74. The number of carbonyl (C=O) groups excluding carboxylic acids is 1. The lowest BCUT2D eigenvalue weighted by Gasteiger charge is -2.34. The molecule has 0 radical (unpaired) electrons. The Bertz CT molecular complexity index is 635. The summed E-state index contributed by atoms with van der Waals surface area (Å²) in [5.74, 6) is -0.447. The third-order valence-electron chi connectivity index (χ3n) is 5.00. The Hall–Kier alpha value is -1.59. The van der Waals surface area contributed by atoms with Crippen LogP contribution in [0.25, 0.3) is 0 Å². The molecule has 1 aromatic carbocycles. The van der Waals surface area contributed by atoms with Crippen molar-refractivity contribution in [1.82, 2.24) is 5.06 Å². The van der Waals surface area contributed by atoms with Crippen LogP contribution in [0.15, 0.2) is 12.1 Å². The van der Waals surface area contributed by atoms with Crippen molar-refractivity contribution in [2.24, 2.45) is 5.92 Å². The first-order chi connectivity index (χ1) is 11.9. The highest BCUT2D eigenvalue weighted by Gasteiger charge is 2.37. The molecule has 0 aromatic heterocycles. The summed E-state index contributed by atoms with van der Waals surface area (Å²) in [6, 6.07) is 3.68. The normalized spacial score (nSPS) is 20.4. The van der Waals surface area contributed by atoms with E-state index in [1.165, 1.54) is 5.06 Å². The SMILES string of the molecule is CCN1OCCC(C(O)c2cc(C(C)(C)C)c(O)c(C(C)(C)C)c2)C1=O. The van der Waals surface area contributed by atoms with Crippen LogP contribution in [0, 0.1) is 5.92 Å². The van der Waals surface area contributed by atoms with Gasteiger partial charge in [0, 0.05) is 6.54 Å². The molecule has 0 spiro atoms. The maximum absolute atomic E-state index is 12.6. The fourth-order valence-electron chi connectivity index (χ4n) is 3.41. The molecule has 0 bridgehead atoms. The van der Waals surface area contributed by atoms with Crippen molar-refractivity contribution in [3.63, 3.8) is 0 Å². The second-order valence-corrected chi connectivity index (χ2v) is 9.17. The van der Waals surface area contributed by atoms with E-state index in [1.54, 1.807) is 0 Å². The molecule has 2 rings (SSSR count). The monoisotopic (exact) mass is 363 g/mol. The van der Waals surface area contributed by atoms with Crippen LogP contribution in [0.5, 0.6) is 5.75 Å². The van der Waals surface area contributed by atoms with E-state index in [0.717, 1.165) is 11.1 Å². The molecule has 5 nitrogen and oxygen atoms in total. The molecule has 1 aliphatic rings. The summed E-state index contributed by atoms with van der Waals surface area (Å²) in [7, 11) is 0. The van der Waals surface area contributed by atoms with Gasteiger partial charge in [0.25, 0.3) is 5.91 Å². The van der Waals surface area contributed by atoms with Gasteiger partial charge in [0.1, 0.15) is 5.75 Å². The van der Waals surface area contributed by atoms with Gasteiger partial charge in [-0.1, -0.05) is 41.5 Å². The van der Waals surface area contributed by atoms with Gasteiger partial charge in [-0.05, 0) is 53.0 Å². The molecule has 0 saturated carbocycles. The van der Waals surface area contributed by atoms with E-state index in [0.29, 0.717) is 25.1 Å². The molecule has 1 aliphatic heterocycles. The maximum Gasteiger partial charge on any atom is 0.252 e. The van der Waals surface area contributed by atoms with Crippen molar-refractivity contribution in [3.05, 3.63) is 28.8 Å². The van der Waals surface area contributed by atoms with Crippen LogP contribution in [0.4, 0.5) is 0 Å². The van der Waals surface area contributed by atoms with Crippen LogP contribution in [0.1, 0.15) is 77.7 Å². The number of aliphatic hydroxyl groups excluding tert-OH is 1. The molecule has 26 heavy (non-hydrogen) atoms. The van der Waals surface area contributed by atoms with Gasteiger partial charge in [-0.2, -0.15) is 0 Å². The van der Waals surface area contributed by atoms with Crippen LogP contribution in [0.2, 0.25) is 0 Å². The van der Waals surface area contributed by atoms with Crippen molar-refractivity contribution in [3.8, 4) is 5.75 Å². The fourth-order valence-corrected chi connectivity index (χ4v) is 3.41. The molecule has 5 heteroatoms. The zero-order valence-corrected chi connectivity index (χ0v) is 17.1. The van der Waals surface area contributed by atoms with Gasteiger partial charge < -0.3 is 10.2 Å². The first-order valence-corrected chi connectivity index (χ1v) is 9.38. The number of benzene rings is 1. The van der Waals surface area contributed by atoms with E-state index in [-0.39, 0.29) is 22.5 Å². The minimum Gasteiger partial charge on any atom is -0.507 e. The lowest BCUT2D eigenvalue weighted by atomic mass is 9.77. The van der Waals surface area contributed by atoms with Gasteiger partial charge in [-0.25, -0.2) is 5.06 Å². The highest BCUT2D eigenvalue weighted by Crippen LogP contribution is 2.42. The molecule has 1 heterocycles. The second-order valence-electron chi connectivity index (χ2n) is 9.17. The molecule has 2 N–H and O–H groups in total. The predicted octanol–water partition coefficient (Wildman–Crippen LogP) is 3.82. The highest BCUT2D eigenvalue weighted by atomic mass is 16.7. The molecular weight excluding hydrogens is 330 g/mol. The van der Waals surface area contributed by atoms with Crippen molar-refractivity contribution < 1.29 is 19.8 Å². The number of hydrogen-bond acceptors (Lipinski definition) is 4. The van der Waals surface area contributed by atoms with Crippen LogP contribution >= 0.6 is 0 Å². The van der Waals surface area contributed by atoms with Crippen molar-refractivity contribution in [2.75, 3.05) is 13.2 Å². The summed E-state index contributed by atoms with van der Waals surface area (Å²) in [6.07, 6.45) is -0.448. The minimum atomic E-state index is -0.928. The van der Waals surface area contributed by atoms with E-state index < -0.39 is 12.0 Å². The van der Waals surface area contributed by atoms with Crippen LogP contribution < -0.4 is 0 Å². The number of hydrogen-bond donors (Lipinski definition) is 2. The molecule has 1 saturated heterocycles. The lowest BCUT2D eigenvalue weighted by Crippen LogP contribution is -2.43. The summed E-state index contributed by atoms with van der Waals surface area (Å²) in [5.41, 5.74) is 1.68. The number of aromatic hydroxyl groups is 1. The van der Waals surface area contributed by atoms with Gasteiger partial charge in [-0.15, -0.1) is 0 Å². The Labute approximate surface area is 156 Å². The predicted molar refractivity (Wildman–Crippen MR) is 102 cm³/mol. The molecule has 1 fully saturated rings. The number of phenolic OH excluding ortho intramolecular Hbond substituents is 1. The summed E-state index contributed by atoms with van der Waals surface area (Å²) in [5, 5.41) is 23.2. The topological polar surface area (TPSA) is 70.0 Å². The van der Waals surface area contributed by atoms with Crippen molar-refractivity contribution >= 4 is 5.91 Å². The Morgan fingerprint density at radius 3 is 2.08 bits per heavy atom. The smallest absolute Gasteiger partial charge is 0.252 e. The summed E-state index contributed by atoms with van der Waals surface area (Å²) in [6.45, 7) is 14.9. The van der Waals surface area contributed by atoms with Crippen LogP contribution in [-0.4, -0.2) is 34.3 Å². The van der Waals surface area contributed by atoms with Crippen molar-refractivity contribution in [2.45, 2.75) is 71.8 Å². The second kappa shape index (κ2) is 7.20. The number of nitrogens with zero attached hydrogens (tertiary/aromatic N) is 1. The average molecular weight is 363 g/mol. The van der Waals surface area contributed by atoms with Gasteiger partial charge in [-0.3, -0.25) is 9.63 Å². The molecule has 1 amide bonds. The van der Waals surface area contributed by atoms with Gasteiger partial charge in [0.2, 0.25) is 0 Å². The first-order valence-electron chi connectivity index (χ1n) is 9.38. The highest BCUT2D eigenvalue weighted by molar-refractivity contribution is 5.79. The largest absolute Gasteiger partial charge is 0.507 e. The number of rotatable bonds is 3. The zero-order valence-electron chi connectivity index (χ0n) is 17.1. The Morgan fingerprint density at radius 2 is 1.65 bits per heavy atom. The summed E-state index contributed by atoms with van der Waals surface area (Å²) < 4.78 is 0. The quantitative estimate of drug-likeness (QED) is 0.856. The Balaban J connectivity index is 2.53. The number of phenols is 1. The van der Waals surface area contributed by atoms with E-state index in [4.69, 9.17) is 4.84 Å². The zero-order chi connectivity index (χ0) is 19.9. The van der Waals surface area contributed by atoms with E-state index >= 15 is 0 Å². The molecule has 0 aliphatic carbocycles. The summed E-state index contributed by atoms with van der Waals surface area (Å²) >= 11 is 0.